The Kier molecular flexibility index (Phi) is 6.75. The number of aryl methyl sites for hydroxylation is 1. The maximum Gasteiger partial charge on any atom is 0.264 e. The number of tetrazole rings is 1. The molecule has 1 fully saturated rings. The molecule has 1 aliphatic heterocycles. The van der Waals surface area contributed by atoms with Crippen LogP contribution in [0.15, 0.2) is 84.0 Å². The summed E-state index contributed by atoms with van der Waals surface area (Å²) in [7, 11) is 3.81. The molecule has 4 aromatic heterocycles. The maximum absolute atomic E-state index is 14.0. The van der Waals surface area contributed by atoms with Crippen molar-refractivity contribution in [2.75, 3.05) is 30.8 Å². The van der Waals surface area contributed by atoms with Crippen LogP contribution in [-0.2, 0) is 7.05 Å². The topological polar surface area (TPSA) is 144 Å². The van der Waals surface area contributed by atoms with Crippen LogP contribution in [-0.4, -0.2) is 75.8 Å². The number of nitrogens with zero attached hydrogens (tertiary/aromatic N) is 10. The highest BCUT2D eigenvalue weighted by molar-refractivity contribution is 5.83. The van der Waals surface area contributed by atoms with Gasteiger partial charge in [-0.3, -0.25) is 9.36 Å². The molecule has 0 radical (unpaired) electrons. The Hall–Kier alpha value is -5.56. The van der Waals surface area contributed by atoms with E-state index in [1.165, 1.54) is 4.80 Å². The largest absolute Gasteiger partial charge is 0.381 e. The van der Waals surface area contributed by atoms with Gasteiger partial charge < -0.3 is 15.5 Å². The maximum atomic E-state index is 14.0. The second kappa shape index (κ2) is 11.0. The van der Waals surface area contributed by atoms with Crippen LogP contribution >= 0.6 is 0 Å². The monoisotopic (exact) mass is 572 g/mol. The van der Waals surface area contributed by atoms with Crippen LogP contribution in [0.3, 0.4) is 0 Å². The van der Waals surface area contributed by atoms with Crippen LogP contribution in [0.5, 0.6) is 0 Å². The molecule has 6 aromatic rings. The van der Waals surface area contributed by atoms with E-state index in [-0.39, 0.29) is 5.56 Å². The first-order valence-corrected chi connectivity index (χ1v) is 13.9. The van der Waals surface area contributed by atoms with E-state index in [2.05, 4.69) is 52.9 Å². The third-order valence-corrected chi connectivity index (χ3v) is 7.33. The van der Waals surface area contributed by atoms with Gasteiger partial charge in [0, 0.05) is 53.5 Å². The fourth-order valence-corrected chi connectivity index (χ4v) is 5.20. The highest BCUT2D eigenvalue weighted by Crippen LogP contribution is 2.25. The molecule has 0 aliphatic carbocycles. The summed E-state index contributed by atoms with van der Waals surface area (Å²) < 4.78 is 1.58. The Labute approximate surface area is 246 Å². The molecule has 2 N–H and O–H groups in total. The van der Waals surface area contributed by atoms with Crippen LogP contribution in [0.1, 0.15) is 6.42 Å². The minimum absolute atomic E-state index is 0.259. The lowest BCUT2D eigenvalue weighted by atomic mass is 10.1. The molecular weight excluding hydrogens is 544 g/mol. The number of nitrogens with one attached hydrogen (secondary N) is 2. The van der Waals surface area contributed by atoms with E-state index in [0.717, 1.165) is 30.9 Å². The van der Waals surface area contributed by atoms with Crippen molar-refractivity contribution in [3.8, 4) is 28.5 Å². The van der Waals surface area contributed by atoms with Crippen molar-refractivity contribution in [1.82, 2.24) is 49.6 Å². The third kappa shape index (κ3) is 5.40. The van der Waals surface area contributed by atoms with E-state index in [1.54, 1.807) is 36.3 Å². The van der Waals surface area contributed by atoms with Gasteiger partial charge in [0.25, 0.3) is 5.56 Å². The Morgan fingerprint density at radius 1 is 0.884 bits per heavy atom. The molecule has 13 nitrogen and oxygen atoms in total. The van der Waals surface area contributed by atoms with E-state index in [4.69, 9.17) is 4.98 Å². The molecule has 1 unspecified atom stereocenters. The van der Waals surface area contributed by atoms with Crippen molar-refractivity contribution >= 4 is 28.4 Å². The summed E-state index contributed by atoms with van der Waals surface area (Å²) in [6.07, 6.45) is 6.00. The first-order valence-electron chi connectivity index (χ1n) is 13.9. The van der Waals surface area contributed by atoms with Crippen molar-refractivity contribution < 1.29 is 0 Å². The number of pyridine rings is 1. The zero-order valence-electron chi connectivity index (χ0n) is 23.6. The van der Waals surface area contributed by atoms with Gasteiger partial charge in [0.2, 0.25) is 17.6 Å². The molecule has 7 rings (SSSR count). The highest BCUT2D eigenvalue weighted by Gasteiger charge is 2.19. The highest BCUT2D eigenvalue weighted by atomic mass is 16.1. The van der Waals surface area contributed by atoms with Gasteiger partial charge in [-0.25, -0.2) is 15.0 Å². The van der Waals surface area contributed by atoms with Crippen LogP contribution in [0.25, 0.3) is 39.5 Å². The fraction of sp³-hybridized carbons (Fsp3) is 0.200. The molecule has 1 aliphatic rings. The predicted molar refractivity (Wildman–Crippen MR) is 163 cm³/mol. The lowest BCUT2D eigenvalue weighted by Crippen LogP contribution is -2.23. The first kappa shape index (κ1) is 26.3. The van der Waals surface area contributed by atoms with Crippen LogP contribution in [0, 0.1) is 0 Å². The van der Waals surface area contributed by atoms with Crippen molar-refractivity contribution in [2.45, 2.75) is 12.5 Å². The van der Waals surface area contributed by atoms with Gasteiger partial charge in [-0.1, -0.05) is 18.2 Å². The van der Waals surface area contributed by atoms with Crippen molar-refractivity contribution in [2.24, 2.45) is 7.05 Å². The summed E-state index contributed by atoms with van der Waals surface area (Å²) in [4.78, 5) is 35.7. The number of fused-ring (bicyclic) bond motifs is 1. The lowest BCUT2D eigenvalue weighted by molar-refractivity contribution is 0.414. The number of anilines is 3. The van der Waals surface area contributed by atoms with E-state index < -0.39 is 0 Å². The van der Waals surface area contributed by atoms with E-state index in [9.17, 15) is 4.79 Å². The molecule has 1 atom stereocenters. The molecule has 13 heteroatoms. The van der Waals surface area contributed by atoms with Gasteiger partial charge in [0.15, 0.2) is 5.65 Å². The standard InChI is InChI=1S/C30H28N12O/c1-40-13-12-23(18-40)34-21-8-10-22(11-9-21)35-30-33-15-19-14-25(20-16-31-26(32-17-20)27-37-39-41(2)38-27)29(43)42(28(19)36-30)24-6-4-3-5-7-24/h3-11,14-17,23,34H,12-13,18H2,1-2H3,(H,33,35,36). The van der Waals surface area contributed by atoms with Crippen molar-refractivity contribution in [3.63, 3.8) is 0 Å². The molecule has 214 valence electrons. The molecule has 43 heavy (non-hydrogen) atoms. The van der Waals surface area contributed by atoms with Crippen LogP contribution in [0.2, 0.25) is 0 Å². The van der Waals surface area contributed by atoms with Gasteiger partial charge >= 0.3 is 0 Å². The number of para-hydroxylation sites is 1. The predicted octanol–water partition coefficient (Wildman–Crippen LogP) is 3.29. The zero-order valence-corrected chi connectivity index (χ0v) is 23.6. The first-order chi connectivity index (χ1) is 21.0. The normalized spacial score (nSPS) is 15.2. The molecule has 2 aromatic carbocycles. The van der Waals surface area contributed by atoms with E-state index in [0.29, 0.717) is 51.5 Å². The number of benzene rings is 2. The van der Waals surface area contributed by atoms with Crippen LogP contribution in [0.4, 0.5) is 17.3 Å². The molecule has 0 amide bonds. The summed E-state index contributed by atoms with van der Waals surface area (Å²) >= 11 is 0. The molecule has 0 bridgehead atoms. The van der Waals surface area contributed by atoms with Gasteiger partial charge in [-0.15, -0.1) is 10.2 Å². The minimum atomic E-state index is -0.259. The Morgan fingerprint density at radius 2 is 1.65 bits per heavy atom. The molecule has 0 saturated carbocycles. The molecular formula is C30H28N12O. The summed E-state index contributed by atoms with van der Waals surface area (Å²) in [5, 5.41) is 19.5. The average molecular weight is 573 g/mol. The minimum Gasteiger partial charge on any atom is -0.381 e. The smallest absolute Gasteiger partial charge is 0.264 e. The molecule has 1 saturated heterocycles. The second-order valence-electron chi connectivity index (χ2n) is 10.5. The summed E-state index contributed by atoms with van der Waals surface area (Å²) in [6.45, 7) is 2.14. The number of aromatic nitrogens is 9. The second-order valence-corrected chi connectivity index (χ2v) is 10.5. The van der Waals surface area contributed by atoms with Gasteiger partial charge in [-0.05, 0) is 67.7 Å². The Bertz CT molecular complexity index is 1950. The number of hydrogen-bond acceptors (Lipinski definition) is 11. The molecule has 0 spiro atoms. The van der Waals surface area contributed by atoms with Crippen molar-refractivity contribution in [3.05, 3.63) is 89.6 Å². The zero-order chi connectivity index (χ0) is 29.3. The van der Waals surface area contributed by atoms with Crippen molar-refractivity contribution in [1.29, 1.82) is 0 Å². The van der Waals surface area contributed by atoms with E-state index in [1.807, 2.05) is 54.6 Å². The van der Waals surface area contributed by atoms with Gasteiger partial charge in [-0.2, -0.15) is 9.78 Å². The quantitative estimate of drug-likeness (QED) is 0.291. The number of rotatable bonds is 7. The number of likely N-dealkylation sites (tertiary alicyclic amines) is 1. The SMILES string of the molecule is CN1CCC(Nc2ccc(Nc3ncc4cc(-c5cnc(-c6nnn(C)n6)nc5)c(=O)n(-c5ccccc5)c4n3)cc2)C1. The Balaban J connectivity index is 1.22. The molecule has 5 heterocycles. The summed E-state index contributed by atoms with van der Waals surface area (Å²) in [5.74, 6) is 0.997. The average Bonchev–Trinajstić information content (AvgIpc) is 3.66. The van der Waals surface area contributed by atoms with Gasteiger partial charge in [0.1, 0.15) is 0 Å². The van der Waals surface area contributed by atoms with Gasteiger partial charge in [0.05, 0.1) is 18.3 Å². The van der Waals surface area contributed by atoms with Crippen LogP contribution < -0.4 is 16.2 Å². The summed E-state index contributed by atoms with van der Waals surface area (Å²) in [6, 6.07) is 19.7. The Morgan fingerprint density at radius 3 is 2.35 bits per heavy atom. The fourth-order valence-electron chi connectivity index (χ4n) is 5.20. The lowest BCUT2D eigenvalue weighted by Gasteiger charge is -2.15. The van der Waals surface area contributed by atoms with E-state index >= 15 is 0 Å². The number of likely N-dealkylation sites (N-methyl/N-ethyl adjacent to an activating group) is 1. The number of hydrogen-bond donors (Lipinski definition) is 2. The summed E-state index contributed by atoms with van der Waals surface area (Å²) in [5.41, 5.74) is 3.76. The third-order valence-electron chi connectivity index (χ3n) is 7.33.